The van der Waals surface area contributed by atoms with Crippen LogP contribution in [0, 0.1) is 0 Å². The third-order valence-electron chi connectivity index (χ3n) is 12.9. The van der Waals surface area contributed by atoms with Gasteiger partial charge in [-0.2, -0.15) is 0 Å². The molecule has 72 heavy (non-hydrogen) atoms. The van der Waals surface area contributed by atoms with E-state index in [9.17, 15) is 0 Å². The molecule has 2 aromatic heterocycles. The molecular weight excluding hydrogens is 909 g/mol. The molecule has 0 spiro atoms. The average Bonchev–Trinajstić information content (AvgIpc) is 3.94. The number of hydrogen-bond acceptors (Lipinski definition) is 15. The van der Waals surface area contributed by atoms with E-state index in [0.29, 0.717) is 87.5 Å². The first-order valence-electron chi connectivity index (χ1n) is 25.2. The van der Waals surface area contributed by atoms with E-state index in [0.717, 1.165) is 90.1 Å². The molecule has 0 radical (unpaired) electrons. The first kappa shape index (κ1) is 49.9. The molecule has 376 valence electrons. The van der Waals surface area contributed by atoms with Crippen LogP contribution in [0.4, 0.5) is 23.3 Å². The number of nitrogens with one attached hydrogen (secondary N) is 1. The van der Waals surface area contributed by atoms with Crippen LogP contribution in [0.15, 0.2) is 128 Å². The molecule has 3 aliphatic heterocycles. The molecular formula is C57H66N8O7. The molecule has 15 nitrogen and oxygen atoms in total. The van der Waals surface area contributed by atoms with Crippen molar-refractivity contribution in [2.75, 3.05) is 96.2 Å². The number of nitrogens with zero attached hydrogens (tertiary/aromatic N) is 7. The monoisotopic (exact) mass is 975 g/mol. The van der Waals surface area contributed by atoms with Crippen LogP contribution in [0.5, 0.6) is 28.7 Å². The van der Waals surface area contributed by atoms with Crippen molar-refractivity contribution in [2.45, 2.75) is 52.4 Å². The number of benzene rings is 4. The van der Waals surface area contributed by atoms with Gasteiger partial charge in [-0.1, -0.05) is 50.3 Å². The Bertz CT molecular complexity index is 2760. The molecule has 1 unspecified atom stereocenters. The van der Waals surface area contributed by atoms with Gasteiger partial charge < -0.3 is 48.3 Å². The quantitative estimate of drug-likeness (QED) is 0.116. The minimum atomic E-state index is -0.456. The topological polar surface area (TPSA) is 138 Å². The molecule has 1 N–H and O–H groups in total. The van der Waals surface area contributed by atoms with Gasteiger partial charge in [0.25, 0.3) is 0 Å². The molecule has 3 aliphatic rings. The summed E-state index contributed by atoms with van der Waals surface area (Å²) in [4.78, 5) is 26.6. The predicted molar refractivity (Wildman–Crippen MR) is 281 cm³/mol. The van der Waals surface area contributed by atoms with Crippen molar-refractivity contribution in [3.8, 4) is 51.3 Å². The fourth-order valence-electron chi connectivity index (χ4n) is 8.99. The maximum Gasteiger partial charge on any atom is 0.231 e. The number of ether oxygens (including phenoxy) is 7. The second-order valence-corrected chi connectivity index (χ2v) is 17.7. The van der Waals surface area contributed by atoms with Crippen LogP contribution >= 0.6 is 0 Å². The standard InChI is InChI=1S/C57H66N8O7/c1-4-63(5-2)28-33-70-52-20-17-46-35-44(52)39-68-31-12-14-48(41-72-49-15-11-13-42(37-49)50-22-24-58-56(60-46)61-50)65-47-18-21-53(71-34-29-64-26-7-8-27-64)45(36-47)40-67-30-9-6-10-32-69-55-38-43(16-19-54(55)66-3)51-23-25-59-57(65)62-51/h6,9,11-25,35-38,48H,4-5,7-8,10,26-34,39-41H2,1-3H3,(H,58,60,61)/b9-6+,14-12+. The van der Waals surface area contributed by atoms with Gasteiger partial charge in [0, 0.05) is 59.1 Å². The van der Waals surface area contributed by atoms with E-state index in [2.05, 4.69) is 63.1 Å². The maximum absolute atomic E-state index is 6.78. The van der Waals surface area contributed by atoms with Gasteiger partial charge in [-0.25, -0.2) is 19.9 Å². The third kappa shape index (κ3) is 13.3. The fourth-order valence-corrected chi connectivity index (χ4v) is 8.99. The minimum absolute atomic E-state index is 0.210. The number of hydrogen-bond donors (Lipinski definition) is 1. The van der Waals surface area contributed by atoms with Gasteiger partial charge in [0.05, 0.1) is 57.6 Å². The van der Waals surface area contributed by atoms with Crippen LogP contribution < -0.4 is 33.9 Å². The normalized spacial score (nSPS) is 17.4. The van der Waals surface area contributed by atoms with Gasteiger partial charge >= 0.3 is 0 Å². The van der Waals surface area contributed by atoms with Gasteiger partial charge in [0.1, 0.15) is 37.1 Å². The van der Waals surface area contributed by atoms with Crippen molar-refractivity contribution >= 4 is 23.3 Å². The zero-order valence-corrected chi connectivity index (χ0v) is 41.7. The molecule has 1 atom stereocenters. The molecule has 6 aromatic rings. The Balaban J connectivity index is 1.11. The molecule has 0 saturated carbocycles. The maximum atomic E-state index is 6.78. The zero-order valence-electron chi connectivity index (χ0n) is 41.7. The number of likely N-dealkylation sites (tertiary alicyclic amines) is 1. The number of likely N-dealkylation sites (N-methyl/N-ethyl adjacent to an activating group) is 1. The van der Waals surface area contributed by atoms with E-state index in [1.807, 2.05) is 91.0 Å². The summed E-state index contributed by atoms with van der Waals surface area (Å²) in [6.07, 6.45) is 14.9. The van der Waals surface area contributed by atoms with Crippen molar-refractivity contribution in [3.05, 3.63) is 139 Å². The summed E-state index contributed by atoms with van der Waals surface area (Å²) in [5, 5.41) is 3.40. The number of aromatic nitrogens is 4. The average molecular weight is 975 g/mol. The lowest BCUT2D eigenvalue weighted by atomic mass is 10.1. The highest BCUT2D eigenvalue weighted by molar-refractivity contribution is 5.68. The lowest BCUT2D eigenvalue weighted by Crippen LogP contribution is -2.36. The van der Waals surface area contributed by atoms with Gasteiger partial charge in [-0.15, -0.1) is 0 Å². The van der Waals surface area contributed by atoms with E-state index < -0.39 is 6.04 Å². The lowest BCUT2D eigenvalue weighted by molar-refractivity contribution is 0.143. The predicted octanol–water partition coefficient (Wildman–Crippen LogP) is 10.1. The van der Waals surface area contributed by atoms with Crippen LogP contribution in [0.25, 0.3) is 22.5 Å². The third-order valence-corrected chi connectivity index (χ3v) is 12.9. The Kier molecular flexibility index (Phi) is 17.6. The minimum Gasteiger partial charge on any atom is -0.493 e. The number of fused-ring (bicyclic) bond motifs is 14. The summed E-state index contributed by atoms with van der Waals surface area (Å²) in [7, 11) is 1.65. The Morgan fingerprint density at radius 3 is 2.31 bits per heavy atom. The molecule has 12 bridgehead atoms. The van der Waals surface area contributed by atoms with Crippen LogP contribution in [-0.4, -0.2) is 122 Å². The SMILES string of the molecule is CCN(CC)CCOc1ccc2cc1COC/C=C/C(N1c3ccc(OCCN4CCCC4)c(c3)COC/C=C/CCOc3cc(ccc3OC)-c3ccnc1n3)COc1cccc(c1)-c1ccnc(n1)N2. The van der Waals surface area contributed by atoms with E-state index in [4.69, 9.17) is 48.1 Å². The van der Waals surface area contributed by atoms with Crippen molar-refractivity contribution < 1.29 is 33.2 Å². The van der Waals surface area contributed by atoms with E-state index >= 15 is 0 Å². The van der Waals surface area contributed by atoms with Gasteiger partial charge in [0.15, 0.2) is 11.5 Å². The van der Waals surface area contributed by atoms with E-state index in [1.54, 1.807) is 19.5 Å². The fraction of sp³-hybridized carbons (Fsp3) is 0.368. The lowest BCUT2D eigenvalue weighted by Gasteiger charge is -2.31. The second-order valence-electron chi connectivity index (χ2n) is 17.7. The summed E-state index contributed by atoms with van der Waals surface area (Å²) >= 11 is 0. The molecule has 15 heteroatoms. The zero-order chi connectivity index (χ0) is 49.3. The van der Waals surface area contributed by atoms with Crippen molar-refractivity contribution in [3.63, 3.8) is 0 Å². The van der Waals surface area contributed by atoms with Gasteiger partial charge in [-0.05, 0) is 124 Å². The summed E-state index contributed by atoms with van der Waals surface area (Å²) in [6.45, 7) is 13.3. The Hall–Kier alpha value is -7.04. The Morgan fingerprint density at radius 1 is 0.722 bits per heavy atom. The van der Waals surface area contributed by atoms with Crippen molar-refractivity contribution in [1.82, 2.24) is 29.7 Å². The van der Waals surface area contributed by atoms with Gasteiger partial charge in [0.2, 0.25) is 11.9 Å². The first-order valence-corrected chi connectivity index (χ1v) is 25.2. The molecule has 4 aromatic carbocycles. The summed E-state index contributed by atoms with van der Waals surface area (Å²) in [5.41, 5.74) is 6.64. The van der Waals surface area contributed by atoms with Crippen LogP contribution in [0.1, 0.15) is 44.2 Å². The highest BCUT2D eigenvalue weighted by atomic mass is 16.5. The van der Waals surface area contributed by atoms with Gasteiger partial charge in [-0.3, -0.25) is 4.90 Å². The molecule has 0 aliphatic carbocycles. The molecule has 5 heterocycles. The Morgan fingerprint density at radius 2 is 1.47 bits per heavy atom. The number of rotatable bonds is 12. The highest BCUT2D eigenvalue weighted by Crippen LogP contribution is 2.36. The van der Waals surface area contributed by atoms with Crippen molar-refractivity contribution in [2.24, 2.45) is 0 Å². The first-order chi connectivity index (χ1) is 35.5. The Labute approximate surface area is 423 Å². The van der Waals surface area contributed by atoms with Crippen LogP contribution in [-0.2, 0) is 22.7 Å². The van der Waals surface area contributed by atoms with Crippen LogP contribution in [0.2, 0.25) is 0 Å². The van der Waals surface area contributed by atoms with E-state index in [-0.39, 0.29) is 6.61 Å². The number of methoxy groups -OCH3 is 1. The molecule has 1 saturated heterocycles. The number of anilines is 4. The largest absolute Gasteiger partial charge is 0.493 e. The second kappa shape index (κ2) is 25.4. The highest BCUT2D eigenvalue weighted by Gasteiger charge is 2.25. The van der Waals surface area contributed by atoms with E-state index in [1.165, 1.54) is 12.8 Å². The van der Waals surface area contributed by atoms with Crippen molar-refractivity contribution in [1.29, 1.82) is 0 Å². The molecule has 1 fully saturated rings. The van der Waals surface area contributed by atoms with Crippen LogP contribution in [0.3, 0.4) is 0 Å². The summed E-state index contributed by atoms with van der Waals surface area (Å²) in [6, 6.07) is 29.4. The molecule has 9 rings (SSSR count). The summed E-state index contributed by atoms with van der Waals surface area (Å²) < 4.78 is 44.5. The summed E-state index contributed by atoms with van der Waals surface area (Å²) in [5.74, 6) is 4.40. The molecule has 0 amide bonds. The smallest absolute Gasteiger partial charge is 0.231 e.